The molecule has 0 radical (unpaired) electrons. The quantitative estimate of drug-likeness (QED) is 0.424. The van der Waals surface area contributed by atoms with Crippen LogP contribution in [0.3, 0.4) is 0 Å². The highest BCUT2D eigenvalue weighted by Crippen LogP contribution is 2.25. The summed E-state index contributed by atoms with van der Waals surface area (Å²) in [5, 5.41) is 2.73. The van der Waals surface area contributed by atoms with Gasteiger partial charge in [-0.25, -0.2) is 0 Å². The highest BCUT2D eigenvalue weighted by molar-refractivity contribution is 9.10. The molecule has 0 spiro atoms. The minimum absolute atomic E-state index is 0.0450. The van der Waals surface area contributed by atoms with Crippen LogP contribution >= 0.6 is 15.9 Å². The summed E-state index contributed by atoms with van der Waals surface area (Å²) in [4.78, 5) is 51.4. The second-order valence-corrected chi connectivity index (χ2v) is 7.91. The van der Waals surface area contributed by atoms with Gasteiger partial charge in [-0.2, -0.15) is 0 Å². The van der Waals surface area contributed by atoms with Crippen LogP contribution < -0.4 is 5.32 Å². The van der Waals surface area contributed by atoms with E-state index in [1.54, 1.807) is 66.7 Å². The van der Waals surface area contributed by atoms with Crippen LogP contribution in [-0.2, 0) is 4.79 Å². The molecule has 0 saturated heterocycles. The molecule has 0 unspecified atom stereocenters. The van der Waals surface area contributed by atoms with Crippen molar-refractivity contribution in [1.29, 1.82) is 0 Å². The van der Waals surface area contributed by atoms with Crippen LogP contribution in [-0.4, -0.2) is 34.9 Å². The number of hydrogen-bond acceptors (Lipinski definition) is 4. The molecule has 0 aromatic heterocycles. The number of ketones is 1. The van der Waals surface area contributed by atoms with Crippen LogP contribution in [0.25, 0.3) is 0 Å². The van der Waals surface area contributed by atoms with Gasteiger partial charge in [0.15, 0.2) is 5.78 Å². The molecule has 4 rings (SSSR count). The van der Waals surface area contributed by atoms with Gasteiger partial charge in [-0.15, -0.1) is 0 Å². The van der Waals surface area contributed by atoms with Gasteiger partial charge in [0.25, 0.3) is 11.8 Å². The van der Waals surface area contributed by atoms with Crippen LogP contribution in [0, 0.1) is 0 Å². The van der Waals surface area contributed by atoms with E-state index in [1.165, 1.54) is 0 Å². The highest BCUT2D eigenvalue weighted by Gasteiger charge is 2.35. The normalized spacial score (nSPS) is 12.6. The Morgan fingerprint density at radius 3 is 2.10 bits per heavy atom. The zero-order chi connectivity index (χ0) is 22.0. The molecule has 1 aliphatic heterocycles. The van der Waals surface area contributed by atoms with Gasteiger partial charge in [0.1, 0.15) is 0 Å². The van der Waals surface area contributed by atoms with Crippen LogP contribution in [0.2, 0.25) is 0 Å². The highest BCUT2D eigenvalue weighted by atomic mass is 79.9. The number of nitrogens with zero attached hydrogens (tertiary/aromatic N) is 1. The van der Waals surface area contributed by atoms with Gasteiger partial charge in [-0.05, 0) is 30.3 Å². The van der Waals surface area contributed by atoms with Gasteiger partial charge < -0.3 is 5.32 Å². The second-order valence-electron chi connectivity index (χ2n) is 6.99. The van der Waals surface area contributed by atoms with E-state index in [-0.39, 0.29) is 18.7 Å². The topological polar surface area (TPSA) is 83.6 Å². The van der Waals surface area contributed by atoms with Crippen molar-refractivity contribution in [2.45, 2.75) is 6.42 Å². The van der Waals surface area contributed by atoms with E-state index < -0.39 is 17.7 Å². The Balaban J connectivity index is 1.47. The van der Waals surface area contributed by atoms with E-state index in [0.29, 0.717) is 32.4 Å². The summed E-state index contributed by atoms with van der Waals surface area (Å²) in [6.45, 7) is -0.0450. The molecule has 31 heavy (non-hydrogen) atoms. The maximum absolute atomic E-state index is 12.9. The van der Waals surface area contributed by atoms with Gasteiger partial charge in [0, 0.05) is 28.6 Å². The number of imide groups is 1. The van der Waals surface area contributed by atoms with Gasteiger partial charge in [-0.3, -0.25) is 24.1 Å². The maximum Gasteiger partial charge on any atom is 0.261 e. The van der Waals surface area contributed by atoms with E-state index in [0.717, 1.165) is 4.90 Å². The Hall–Kier alpha value is -3.58. The number of benzene rings is 3. The molecule has 0 fully saturated rings. The van der Waals surface area contributed by atoms with Crippen molar-refractivity contribution < 1.29 is 19.2 Å². The van der Waals surface area contributed by atoms with Gasteiger partial charge in [-0.1, -0.05) is 58.4 Å². The van der Waals surface area contributed by atoms with Crippen molar-refractivity contribution >= 4 is 45.1 Å². The first-order valence-electron chi connectivity index (χ1n) is 9.60. The van der Waals surface area contributed by atoms with Crippen molar-refractivity contribution in [3.63, 3.8) is 0 Å². The summed E-state index contributed by atoms with van der Waals surface area (Å²) in [5.41, 5.74) is 1.90. The molecule has 3 aromatic carbocycles. The molecule has 0 aliphatic carbocycles. The molecule has 3 amide bonds. The van der Waals surface area contributed by atoms with Gasteiger partial charge >= 0.3 is 0 Å². The van der Waals surface area contributed by atoms with E-state index in [4.69, 9.17) is 0 Å². The minimum Gasteiger partial charge on any atom is -0.325 e. The monoisotopic (exact) mass is 476 g/mol. The zero-order valence-electron chi connectivity index (χ0n) is 16.3. The molecule has 154 valence electrons. The summed E-state index contributed by atoms with van der Waals surface area (Å²) in [6, 6.07) is 20.4. The van der Waals surface area contributed by atoms with E-state index in [1.807, 2.05) is 6.07 Å². The number of halogens is 1. The van der Waals surface area contributed by atoms with Gasteiger partial charge in [0.2, 0.25) is 5.91 Å². The third kappa shape index (κ3) is 4.18. The smallest absolute Gasteiger partial charge is 0.261 e. The summed E-state index contributed by atoms with van der Waals surface area (Å²) in [6.07, 6.45) is -0.0828. The average molecular weight is 477 g/mol. The molecular weight excluding hydrogens is 460 g/mol. The molecular formula is C24H17BrN2O4. The molecule has 1 aliphatic rings. The Labute approximate surface area is 187 Å². The number of nitrogens with one attached hydrogen (secondary N) is 1. The van der Waals surface area contributed by atoms with Crippen molar-refractivity contribution in [2.75, 3.05) is 11.9 Å². The number of rotatable bonds is 6. The predicted octanol–water partition coefficient (Wildman–Crippen LogP) is 4.30. The predicted molar refractivity (Wildman–Crippen MR) is 119 cm³/mol. The van der Waals surface area contributed by atoms with Crippen molar-refractivity contribution in [3.05, 3.63) is 99.5 Å². The van der Waals surface area contributed by atoms with Crippen LogP contribution in [0.15, 0.2) is 77.3 Å². The van der Waals surface area contributed by atoms with Crippen molar-refractivity contribution in [1.82, 2.24) is 4.90 Å². The van der Waals surface area contributed by atoms with Crippen molar-refractivity contribution in [2.24, 2.45) is 0 Å². The molecule has 7 heteroatoms. The molecule has 0 saturated carbocycles. The number of fused-ring (bicyclic) bond motifs is 1. The largest absolute Gasteiger partial charge is 0.325 e. The van der Waals surface area contributed by atoms with E-state index in [9.17, 15) is 19.2 Å². The minimum atomic E-state index is -0.406. The SMILES string of the molecule is O=C(CCN1C(=O)c2ccccc2C1=O)Nc1ccc(Br)cc1C(=O)c1ccccc1. The first-order chi connectivity index (χ1) is 15.0. The van der Waals surface area contributed by atoms with E-state index in [2.05, 4.69) is 21.2 Å². The van der Waals surface area contributed by atoms with Crippen molar-refractivity contribution in [3.8, 4) is 0 Å². The van der Waals surface area contributed by atoms with E-state index >= 15 is 0 Å². The van der Waals surface area contributed by atoms with Crippen LogP contribution in [0.1, 0.15) is 43.1 Å². The Bertz CT molecular complexity index is 1170. The lowest BCUT2D eigenvalue weighted by Crippen LogP contribution is -2.33. The Morgan fingerprint density at radius 1 is 0.839 bits per heavy atom. The summed E-state index contributed by atoms with van der Waals surface area (Å²) >= 11 is 3.36. The summed E-state index contributed by atoms with van der Waals surface area (Å²) in [5.74, 6) is -1.44. The number of carbonyl (C=O) groups is 4. The average Bonchev–Trinajstić information content (AvgIpc) is 3.03. The molecule has 1 heterocycles. The van der Waals surface area contributed by atoms with Crippen LogP contribution in [0.5, 0.6) is 0 Å². The lowest BCUT2D eigenvalue weighted by Gasteiger charge is -2.15. The first-order valence-corrected chi connectivity index (χ1v) is 10.4. The Morgan fingerprint density at radius 2 is 1.45 bits per heavy atom. The number of anilines is 1. The fourth-order valence-corrected chi connectivity index (χ4v) is 3.79. The Kier molecular flexibility index (Phi) is 5.77. The standard InChI is InChI=1S/C24H17BrN2O4/c25-16-10-11-20(19(14-16)22(29)15-6-2-1-3-7-15)26-21(28)12-13-27-23(30)17-8-4-5-9-18(17)24(27)31/h1-11,14H,12-13H2,(H,26,28). The third-order valence-electron chi connectivity index (χ3n) is 4.98. The van der Waals surface area contributed by atoms with Gasteiger partial charge in [0.05, 0.1) is 16.8 Å². The molecule has 0 bridgehead atoms. The lowest BCUT2D eigenvalue weighted by atomic mass is 10.0. The number of carbonyl (C=O) groups excluding carboxylic acids is 4. The molecule has 6 nitrogen and oxygen atoms in total. The molecule has 0 atom stereocenters. The van der Waals surface area contributed by atoms with Crippen LogP contribution in [0.4, 0.5) is 5.69 Å². The fourth-order valence-electron chi connectivity index (χ4n) is 3.43. The number of amides is 3. The fraction of sp³-hybridized carbons (Fsp3) is 0.0833. The molecule has 3 aromatic rings. The summed E-state index contributed by atoms with van der Waals surface area (Å²) in [7, 11) is 0. The second kappa shape index (κ2) is 8.65. The summed E-state index contributed by atoms with van der Waals surface area (Å²) < 4.78 is 0.704. The zero-order valence-corrected chi connectivity index (χ0v) is 17.9. The number of hydrogen-bond donors (Lipinski definition) is 1. The lowest BCUT2D eigenvalue weighted by molar-refractivity contribution is -0.116. The third-order valence-corrected chi connectivity index (χ3v) is 5.47. The molecule has 1 N–H and O–H groups in total. The maximum atomic E-state index is 12.9. The first kappa shape index (κ1) is 20.7.